The summed E-state index contributed by atoms with van der Waals surface area (Å²) in [6, 6.07) is 15.9. The van der Waals surface area contributed by atoms with Gasteiger partial charge in [0.05, 0.1) is 0 Å². The predicted octanol–water partition coefficient (Wildman–Crippen LogP) is 0.587. The lowest BCUT2D eigenvalue weighted by atomic mass is 10.3. The molecule has 0 aliphatic heterocycles. The Balaban J connectivity index is 2.56. The van der Waals surface area contributed by atoms with Gasteiger partial charge in [-0.2, -0.15) is 0 Å². The van der Waals surface area contributed by atoms with Gasteiger partial charge in [-0.15, -0.1) is 0 Å². The highest BCUT2D eigenvalue weighted by Crippen LogP contribution is 2.11. The van der Waals surface area contributed by atoms with E-state index in [9.17, 15) is 9.90 Å². The van der Waals surface area contributed by atoms with Gasteiger partial charge < -0.3 is 14.3 Å². The lowest BCUT2D eigenvalue weighted by Crippen LogP contribution is -2.60. The number of phenols is 1. The average molecular weight is 246 g/mol. The molecule has 2 rings (SSSR count). The van der Waals surface area contributed by atoms with Crippen molar-refractivity contribution in [1.29, 1.82) is 0 Å². The molecule has 0 aliphatic rings. The van der Waals surface area contributed by atoms with E-state index >= 15 is 0 Å². The van der Waals surface area contributed by atoms with Crippen LogP contribution in [0.15, 0.2) is 54.6 Å². The van der Waals surface area contributed by atoms with Crippen LogP contribution in [0.25, 0.3) is 0 Å². The maximum absolute atomic E-state index is 10.7. The van der Waals surface area contributed by atoms with Gasteiger partial charge in [0.25, 0.3) is 0 Å². The van der Waals surface area contributed by atoms with Crippen molar-refractivity contribution in [3.8, 4) is 5.75 Å². The monoisotopic (exact) mass is 246 g/mol. The van der Waals surface area contributed by atoms with E-state index in [0.29, 0.717) is 10.4 Å². The second-order valence-electron chi connectivity index (χ2n) is 3.73. The molecule has 0 radical (unpaired) electrons. The molecule has 2 aromatic rings. The summed E-state index contributed by atoms with van der Waals surface area (Å²) in [6.07, 6.45) is 0. The van der Waals surface area contributed by atoms with Crippen molar-refractivity contribution < 1.29 is 14.3 Å². The van der Waals surface area contributed by atoms with Crippen molar-refractivity contribution in [1.82, 2.24) is 0 Å². The normalized spacial score (nSPS) is 14.2. The van der Waals surface area contributed by atoms with Crippen LogP contribution < -0.4 is 10.4 Å². The quantitative estimate of drug-likeness (QED) is 0.779. The number of aromatic hydroxyl groups is 1. The van der Waals surface area contributed by atoms with Crippen LogP contribution in [0.5, 0.6) is 5.75 Å². The summed E-state index contributed by atoms with van der Waals surface area (Å²) in [5, 5.41) is 11.0. The minimum absolute atomic E-state index is 0.0624. The Labute approximate surface area is 101 Å². The summed E-state index contributed by atoms with van der Waals surface area (Å²) >= 11 is 0. The van der Waals surface area contributed by atoms with Crippen LogP contribution in [-0.4, -0.2) is 25.6 Å². The van der Waals surface area contributed by atoms with E-state index in [1.807, 2.05) is 30.3 Å². The Hall–Kier alpha value is -1.62. The fourth-order valence-corrected chi connectivity index (χ4v) is 3.97. The maximum Gasteiger partial charge on any atom is 0.407 e. The zero-order valence-electron chi connectivity index (χ0n) is 9.50. The summed E-state index contributed by atoms with van der Waals surface area (Å²) in [6.45, 7) is 0. The highest BCUT2D eigenvalue weighted by Gasteiger charge is 2.39. The Kier molecular flexibility index (Phi) is 3.28. The van der Waals surface area contributed by atoms with Crippen LogP contribution in [0.1, 0.15) is 0 Å². The molecule has 2 aromatic carbocycles. The lowest BCUT2D eigenvalue weighted by molar-refractivity contribution is 0.319. The SMILES string of the molecule is CO[Si](O)(c1ccccc1)c1ccccc1O. The molecule has 0 amide bonds. The van der Waals surface area contributed by atoms with Gasteiger partial charge in [-0.05, 0) is 11.3 Å². The lowest BCUT2D eigenvalue weighted by Gasteiger charge is -2.24. The fraction of sp³-hybridized carbons (Fsp3) is 0.0769. The van der Waals surface area contributed by atoms with E-state index < -0.39 is 8.56 Å². The fourth-order valence-electron chi connectivity index (χ4n) is 1.81. The summed E-state index contributed by atoms with van der Waals surface area (Å²) in [7, 11) is -1.81. The van der Waals surface area contributed by atoms with Crippen molar-refractivity contribution in [2.45, 2.75) is 0 Å². The number of benzene rings is 2. The van der Waals surface area contributed by atoms with Crippen molar-refractivity contribution in [3.05, 3.63) is 54.6 Å². The largest absolute Gasteiger partial charge is 0.508 e. The molecule has 3 nitrogen and oxygen atoms in total. The second-order valence-corrected chi connectivity index (χ2v) is 6.54. The van der Waals surface area contributed by atoms with E-state index in [0.717, 1.165) is 0 Å². The third kappa shape index (κ3) is 2.10. The van der Waals surface area contributed by atoms with Gasteiger partial charge in [-0.3, -0.25) is 0 Å². The van der Waals surface area contributed by atoms with Crippen LogP contribution in [0.3, 0.4) is 0 Å². The van der Waals surface area contributed by atoms with Gasteiger partial charge in [0, 0.05) is 12.3 Å². The number of para-hydroxylation sites is 1. The van der Waals surface area contributed by atoms with Crippen LogP contribution >= 0.6 is 0 Å². The molecule has 0 heterocycles. The van der Waals surface area contributed by atoms with E-state index in [2.05, 4.69) is 0 Å². The van der Waals surface area contributed by atoms with Gasteiger partial charge >= 0.3 is 8.56 Å². The summed E-state index contributed by atoms with van der Waals surface area (Å²) in [5.41, 5.74) is 0. The summed E-state index contributed by atoms with van der Waals surface area (Å²) in [4.78, 5) is 10.7. The first-order chi connectivity index (χ1) is 8.18. The minimum atomic E-state index is -3.27. The molecule has 0 aliphatic carbocycles. The van der Waals surface area contributed by atoms with Crippen molar-refractivity contribution >= 4 is 18.9 Å². The van der Waals surface area contributed by atoms with Gasteiger partial charge in [0.2, 0.25) is 0 Å². The van der Waals surface area contributed by atoms with Gasteiger partial charge in [-0.1, -0.05) is 48.5 Å². The first-order valence-electron chi connectivity index (χ1n) is 5.30. The third-order valence-electron chi connectivity index (χ3n) is 2.73. The molecule has 0 aromatic heterocycles. The zero-order valence-corrected chi connectivity index (χ0v) is 10.5. The molecule has 0 saturated carbocycles. The highest BCUT2D eigenvalue weighted by atomic mass is 28.4. The van der Waals surface area contributed by atoms with Crippen LogP contribution in [0, 0.1) is 0 Å². The van der Waals surface area contributed by atoms with E-state index in [-0.39, 0.29) is 5.75 Å². The number of hydrogen-bond acceptors (Lipinski definition) is 3. The first kappa shape index (κ1) is 11.9. The second kappa shape index (κ2) is 4.71. The molecule has 4 heteroatoms. The number of rotatable bonds is 3. The van der Waals surface area contributed by atoms with Crippen molar-refractivity contribution in [2.75, 3.05) is 7.11 Å². The number of hydrogen-bond donors (Lipinski definition) is 2. The van der Waals surface area contributed by atoms with E-state index in [1.54, 1.807) is 24.3 Å². The van der Waals surface area contributed by atoms with Crippen molar-refractivity contribution in [3.63, 3.8) is 0 Å². The highest BCUT2D eigenvalue weighted by molar-refractivity contribution is 6.92. The van der Waals surface area contributed by atoms with Crippen molar-refractivity contribution in [2.24, 2.45) is 0 Å². The third-order valence-corrected chi connectivity index (χ3v) is 5.59. The molecule has 0 fully saturated rings. The van der Waals surface area contributed by atoms with Gasteiger partial charge in [0.15, 0.2) is 0 Å². The zero-order chi connectivity index (χ0) is 12.3. The molecule has 0 saturated heterocycles. The van der Waals surface area contributed by atoms with E-state index in [1.165, 1.54) is 7.11 Å². The van der Waals surface area contributed by atoms with Crippen LogP contribution in [0.4, 0.5) is 0 Å². The van der Waals surface area contributed by atoms with Gasteiger partial charge in [0.1, 0.15) is 5.75 Å². The molecule has 17 heavy (non-hydrogen) atoms. The Morgan fingerprint density at radius 3 is 2.12 bits per heavy atom. The summed E-state index contributed by atoms with van der Waals surface area (Å²) < 4.78 is 5.33. The van der Waals surface area contributed by atoms with E-state index in [4.69, 9.17) is 4.43 Å². The predicted molar refractivity (Wildman–Crippen MR) is 68.8 cm³/mol. The topological polar surface area (TPSA) is 49.7 Å². The molecule has 1 unspecified atom stereocenters. The van der Waals surface area contributed by atoms with Crippen LogP contribution in [-0.2, 0) is 4.43 Å². The molecular formula is C13H14O3Si. The maximum atomic E-state index is 10.7. The minimum Gasteiger partial charge on any atom is -0.508 e. The Morgan fingerprint density at radius 1 is 0.941 bits per heavy atom. The molecule has 1 atom stereocenters. The molecule has 0 spiro atoms. The summed E-state index contributed by atoms with van der Waals surface area (Å²) in [5.74, 6) is 0.0624. The standard InChI is InChI=1S/C13H14O3Si/c1-16-17(15,11-7-3-2-4-8-11)13-10-6-5-9-12(13)14/h2-10,14-15H,1H3. The smallest absolute Gasteiger partial charge is 0.407 e. The Bertz CT molecular complexity index is 501. The molecule has 88 valence electrons. The average Bonchev–Trinajstić information content (AvgIpc) is 2.39. The van der Waals surface area contributed by atoms with Crippen LogP contribution in [0.2, 0.25) is 0 Å². The Morgan fingerprint density at radius 2 is 1.53 bits per heavy atom. The molecule has 2 N–H and O–H groups in total. The molecular weight excluding hydrogens is 232 g/mol. The van der Waals surface area contributed by atoms with Gasteiger partial charge in [-0.25, -0.2) is 0 Å². The number of phenolic OH excluding ortho intramolecular Hbond substituents is 1. The first-order valence-corrected chi connectivity index (χ1v) is 7.15. The molecule has 0 bridgehead atoms.